The largest absolute Gasteiger partial charge is 0.497 e. The van der Waals surface area contributed by atoms with Crippen molar-refractivity contribution in [2.24, 2.45) is 0 Å². The van der Waals surface area contributed by atoms with E-state index < -0.39 is 40.0 Å². The Morgan fingerprint density at radius 1 is 0.857 bits per heavy atom. The van der Waals surface area contributed by atoms with Crippen LogP contribution in [0.2, 0.25) is 0 Å². The summed E-state index contributed by atoms with van der Waals surface area (Å²) in [5.74, 6) is -0.231. The number of rotatable bonds is 6. The third-order valence-electron chi connectivity index (χ3n) is 8.14. The van der Waals surface area contributed by atoms with Crippen LogP contribution in [0.4, 0.5) is 4.79 Å². The molecule has 2 heterocycles. The van der Waals surface area contributed by atoms with Crippen molar-refractivity contribution in [1.82, 2.24) is 19.4 Å². The van der Waals surface area contributed by atoms with Crippen molar-refractivity contribution in [3.8, 4) is 5.75 Å². The summed E-state index contributed by atoms with van der Waals surface area (Å²) in [5.41, 5.74) is -0.737. The normalized spacial score (nSPS) is 19.9. The molecule has 4 aromatic carbocycles. The van der Waals surface area contributed by atoms with Crippen LogP contribution in [0.5, 0.6) is 5.75 Å². The molecule has 2 aliphatic heterocycles. The highest BCUT2D eigenvalue weighted by atomic mass is 32.2. The zero-order chi connectivity index (χ0) is 29.6. The first-order chi connectivity index (χ1) is 20.1. The molecular formula is C31H30N4O6S. The van der Waals surface area contributed by atoms with Crippen molar-refractivity contribution in [1.29, 1.82) is 0 Å². The number of carbonyl (C=O) groups is 3. The average Bonchev–Trinajstić information content (AvgIpc) is 3.23. The van der Waals surface area contributed by atoms with E-state index in [2.05, 4.69) is 5.32 Å². The highest BCUT2D eigenvalue weighted by Gasteiger charge is 2.50. The first-order valence-electron chi connectivity index (χ1n) is 13.6. The van der Waals surface area contributed by atoms with Crippen LogP contribution in [0, 0.1) is 0 Å². The summed E-state index contributed by atoms with van der Waals surface area (Å²) >= 11 is 0. The number of nitrogens with zero attached hydrogens (tertiary/aromatic N) is 3. The number of fused-ring (bicyclic) bond motifs is 2. The van der Waals surface area contributed by atoms with Crippen LogP contribution in [0.1, 0.15) is 12.5 Å². The molecule has 0 bridgehead atoms. The fourth-order valence-corrected chi connectivity index (χ4v) is 7.05. The summed E-state index contributed by atoms with van der Waals surface area (Å²) in [6, 6.07) is 23.0. The van der Waals surface area contributed by atoms with E-state index in [0.29, 0.717) is 11.3 Å². The fraction of sp³-hybridized carbons (Fsp3) is 0.258. The molecule has 0 aliphatic carbocycles. The van der Waals surface area contributed by atoms with Crippen molar-refractivity contribution in [3.05, 3.63) is 84.4 Å². The number of benzene rings is 4. The summed E-state index contributed by atoms with van der Waals surface area (Å²) < 4.78 is 33.2. The van der Waals surface area contributed by atoms with E-state index in [4.69, 9.17) is 4.74 Å². The van der Waals surface area contributed by atoms with Gasteiger partial charge in [-0.2, -0.15) is 4.31 Å². The Hall–Kier alpha value is -4.48. The van der Waals surface area contributed by atoms with Crippen molar-refractivity contribution in [2.45, 2.75) is 17.4 Å². The number of hydrogen-bond acceptors (Lipinski definition) is 6. The monoisotopic (exact) mass is 586 g/mol. The summed E-state index contributed by atoms with van der Waals surface area (Å²) in [5, 5.41) is 6.33. The number of ether oxygens (including phenoxy) is 1. The molecule has 1 N–H and O–H groups in total. The number of amides is 4. The lowest BCUT2D eigenvalue weighted by atomic mass is 9.90. The summed E-state index contributed by atoms with van der Waals surface area (Å²) in [6.45, 7) is 1.73. The van der Waals surface area contributed by atoms with Gasteiger partial charge in [-0.25, -0.2) is 13.2 Å². The van der Waals surface area contributed by atoms with E-state index in [1.54, 1.807) is 38.3 Å². The predicted octanol–water partition coefficient (Wildman–Crippen LogP) is 3.30. The molecular weight excluding hydrogens is 556 g/mol. The number of sulfonamides is 1. The smallest absolute Gasteiger partial charge is 0.325 e. The Bertz CT molecular complexity index is 1850. The Morgan fingerprint density at radius 2 is 1.50 bits per heavy atom. The Labute approximate surface area is 243 Å². The number of urea groups is 1. The van der Waals surface area contributed by atoms with E-state index in [-0.39, 0.29) is 31.1 Å². The van der Waals surface area contributed by atoms with Gasteiger partial charge in [0.2, 0.25) is 15.9 Å². The highest BCUT2D eigenvalue weighted by Crippen LogP contribution is 2.32. The van der Waals surface area contributed by atoms with E-state index in [0.717, 1.165) is 26.4 Å². The second-order valence-corrected chi connectivity index (χ2v) is 12.6. The third-order valence-corrected chi connectivity index (χ3v) is 10.0. The minimum atomic E-state index is -3.75. The molecule has 0 aromatic heterocycles. The molecule has 1 atom stereocenters. The van der Waals surface area contributed by atoms with E-state index in [1.165, 1.54) is 9.21 Å². The number of piperazine rings is 1. The highest BCUT2D eigenvalue weighted by molar-refractivity contribution is 7.89. The van der Waals surface area contributed by atoms with Gasteiger partial charge in [0.15, 0.2) is 0 Å². The standard InChI is InChI=1S/C31H30N4O6S/c1-31(25-10-7-24-18-26(41-2)11-8-23(24)17-25)29(37)35(30(38)32-31)20-28(36)33-13-15-34(16-14-33)42(39,40)27-12-9-21-5-3-4-6-22(21)19-27/h3-12,17-19H,13-16,20H2,1-2H3,(H,32,38)/t31-/m1/s1. The van der Waals surface area contributed by atoms with Crippen LogP contribution in [0.15, 0.2) is 83.8 Å². The lowest BCUT2D eigenvalue weighted by molar-refractivity contribution is -0.139. The molecule has 2 aliphatic rings. The molecule has 0 spiro atoms. The van der Waals surface area contributed by atoms with Gasteiger partial charge in [0.1, 0.15) is 17.8 Å². The summed E-state index contributed by atoms with van der Waals surface area (Å²) in [4.78, 5) is 42.2. The van der Waals surface area contributed by atoms with Crippen LogP contribution >= 0.6 is 0 Å². The number of hydrogen-bond donors (Lipinski definition) is 1. The van der Waals surface area contributed by atoms with Gasteiger partial charge in [-0.1, -0.05) is 48.5 Å². The average molecular weight is 587 g/mol. The van der Waals surface area contributed by atoms with Crippen molar-refractivity contribution in [2.75, 3.05) is 39.8 Å². The van der Waals surface area contributed by atoms with Crippen LogP contribution in [0.25, 0.3) is 21.5 Å². The Kier molecular flexibility index (Phi) is 6.86. The number of methoxy groups -OCH3 is 1. The Balaban J connectivity index is 1.12. The SMILES string of the molecule is COc1ccc2cc([C@@]3(C)NC(=O)N(CC(=O)N4CCN(S(=O)(=O)c5ccc6ccccc6c5)CC4)C3=O)ccc2c1. The molecule has 4 amide bonds. The van der Waals surface area contributed by atoms with Gasteiger partial charge in [-0.05, 0) is 64.4 Å². The van der Waals surface area contributed by atoms with Crippen molar-refractivity contribution >= 4 is 49.4 Å². The third kappa shape index (κ3) is 4.74. The number of imide groups is 1. The molecule has 11 heteroatoms. The topological polar surface area (TPSA) is 116 Å². The lowest BCUT2D eigenvalue weighted by Crippen LogP contribution is -2.53. The fourth-order valence-electron chi connectivity index (χ4n) is 5.59. The summed E-state index contributed by atoms with van der Waals surface area (Å²) in [6.07, 6.45) is 0. The van der Waals surface area contributed by atoms with Crippen molar-refractivity contribution in [3.63, 3.8) is 0 Å². The van der Waals surface area contributed by atoms with Gasteiger partial charge in [-0.15, -0.1) is 0 Å². The molecule has 4 aromatic rings. The Morgan fingerprint density at radius 3 is 2.24 bits per heavy atom. The van der Waals surface area contributed by atoms with E-state index >= 15 is 0 Å². The first-order valence-corrected chi connectivity index (χ1v) is 15.0. The van der Waals surface area contributed by atoms with Crippen LogP contribution in [-0.4, -0.2) is 80.2 Å². The van der Waals surface area contributed by atoms with Gasteiger partial charge >= 0.3 is 6.03 Å². The van der Waals surface area contributed by atoms with Gasteiger partial charge in [-0.3, -0.25) is 14.5 Å². The second kappa shape index (κ2) is 10.4. The van der Waals surface area contributed by atoms with Gasteiger partial charge in [0, 0.05) is 26.2 Å². The van der Waals surface area contributed by atoms with Gasteiger partial charge in [0.05, 0.1) is 12.0 Å². The molecule has 0 saturated carbocycles. The first kappa shape index (κ1) is 27.7. The van der Waals surface area contributed by atoms with E-state index in [1.807, 2.05) is 54.6 Å². The molecule has 2 fully saturated rings. The molecule has 216 valence electrons. The van der Waals surface area contributed by atoms with E-state index in [9.17, 15) is 22.8 Å². The lowest BCUT2D eigenvalue weighted by Gasteiger charge is -2.34. The van der Waals surface area contributed by atoms with Crippen LogP contribution in [0.3, 0.4) is 0 Å². The van der Waals surface area contributed by atoms with Crippen molar-refractivity contribution < 1.29 is 27.5 Å². The molecule has 0 radical (unpaired) electrons. The minimum absolute atomic E-state index is 0.112. The predicted molar refractivity (Wildman–Crippen MR) is 157 cm³/mol. The number of nitrogens with one attached hydrogen (secondary N) is 1. The van der Waals surface area contributed by atoms with Crippen LogP contribution in [-0.2, 0) is 25.2 Å². The number of carbonyl (C=O) groups excluding carboxylic acids is 3. The molecule has 6 rings (SSSR count). The zero-order valence-corrected chi connectivity index (χ0v) is 24.1. The maximum atomic E-state index is 13.5. The quantitative estimate of drug-likeness (QED) is 0.347. The minimum Gasteiger partial charge on any atom is -0.497 e. The molecule has 2 saturated heterocycles. The molecule has 10 nitrogen and oxygen atoms in total. The zero-order valence-electron chi connectivity index (χ0n) is 23.2. The maximum absolute atomic E-state index is 13.5. The summed E-state index contributed by atoms with van der Waals surface area (Å²) in [7, 11) is -2.16. The molecule has 0 unspecified atom stereocenters. The van der Waals surface area contributed by atoms with Gasteiger partial charge < -0.3 is 15.0 Å². The van der Waals surface area contributed by atoms with Gasteiger partial charge in [0.25, 0.3) is 5.91 Å². The molecule has 42 heavy (non-hydrogen) atoms. The second-order valence-electron chi connectivity index (χ2n) is 10.7. The maximum Gasteiger partial charge on any atom is 0.325 e. The van der Waals surface area contributed by atoms with Crippen LogP contribution < -0.4 is 10.1 Å².